The largest absolute Gasteiger partial charge is 0.273 e. The number of hydrogen-bond donors (Lipinski definition) is 1. The molecule has 0 atom stereocenters. The number of nitrogens with zero attached hydrogens (tertiary/aromatic N) is 1. The second-order valence-corrected chi connectivity index (χ2v) is 9.63. The predicted molar refractivity (Wildman–Crippen MR) is 118 cm³/mol. The van der Waals surface area contributed by atoms with Gasteiger partial charge >= 0.3 is 0 Å². The SMILES string of the molecule is O=C(NN=Cc1c2ccccc2cc2ccccc12)C12CC3CC(CC(C3)C1)C2. The Morgan fingerprint density at radius 3 is 1.93 bits per heavy atom. The molecule has 0 aliphatic heterocycles. The summed E-state index contributed by atoms with van der Waals surface area (Å²) in [5.74, 6) is 2.44. The fraction of sp³-hybridized carbons (Fsp3) is 0.385. The number of rotatable bonds is 3. The van der Waals surface area contributed by atoms with Gasteiger partial charge in [0.25, 0.3) is 0 Å². The Morgan fingerprint density at radius 2 is 1.38 bits per heavy atom. The molecule has 1 amide bonds. The zero-order valence-corrected chi connectivity index (χ0v) is 16.6. The standard InChI is InChI=1S/C26H26N2O/c29-25(26-13-17-9-18(14-26)11-19(10-17)15-26)28-27-16-24-22-7-3-1-5-20(22)12-21-6-2-4-8-23(21)24/h1-8,12,16-19H,9-11,13-15H2,(H,28,29). The molecule has 0 radical (unpaired) electrons. The average Bonchev–Trinajstić information content (AvgIpc) is 2.72. The fourth-order valence-corrected chi connectivity index (χ4v) is 6.85. The highest BCUT2D eigenvalue weighted by atomic mass is 16.2. The lowest BCUT2D eigenvalue weighted by atomic mass is 9.49. The summed E-state index contributed by atoms with van der Waals surface area (Å²) in [6.45, 7) is 0. The van der Waals surface area contributed by atoms with Gasteiger partial charge in [0, 0.05) is 5.56 Å². The minimum Gasteiger partial charge on any atom is -0.273 e. The molecule has 4 aliphatic rings. The van der Waals surface area contributed by atoms with Gasteiger partial charge in [0.1, 0.15) is 0 Å². The third-order valence-electron chi connectivity index (χ3n) is 7.69. The lowest BCUT2D eigenvalue weighted by Crippen LogP contribution is -2.52. The van der Waals surface area contributed by atoms with Gasteiger partial charge in [-0.05, 0) is 83.9 Å². The minimum absolute atomic E-state index is 0.150. The molecule has 146 valence electrons. The number of nitrogens with one attached hydrogen (secondary N) is 1. The molecule has 4 bridgehead atoms. The number of carbonyl (C=O) groups is 1. The molecule has 29 heavy (non-hydrogen) atoms. The van der Waals surface area contributed by atoms with Crippen molar-refractivity contribution in [2.75, 3.05) is 0 Å². The Hall–Kier alpha value is -2.68. The highest BCUT2D eigenvalue weighted by molar-refractivity contribution is 6.13. The van der Waals surface area contributed by atoms with Gasteiger partial charge in [0.05, 0.1) is 11.6 Å². The summed E-state index contributed by atoms with van der Waals surface area (Å²) < 4.78 is 0. The van der Waals surface area contributed by atoms with Crippen molar-refractivity contribution in [3.63, 3.8) is 0 Å². The normalized spacial score (nSPS) is 30.4. The van der Waals surface area contributed by atoms with Crippen molar-refractivity contribution in [3.8, 4) is 0 Å². The number of carbonyl (C=O) groups excluding carboxylic acids is 1. The number of benzene rings is 3. The summed E-state index contributed by atoms with van der Waals surface area (Å²) >= 11 is 0. The average molecular weight is 383 g/mol. The van der Waals surface area contributed by atoms with Gasteiger partial charge in [0.15, 0.2) is 0 Å². The maximum atomic E-state index is 13.2. The summed E-state index contributed by atoms with van der Waals surface area (Å²) in [5, 5.41) is 9.19. The van der Waals surface area contributed by atoms with Gasteiger partial charge in [0.2, 0.25) is 5.91 Å². The van der Waals surface area contributed by atoms with E-state index in [0.29, 0.717) is 0 Å². The van der Waals surface area contributed by atoms with Crippen molar-refractivity contribution in [2.24, 2.45) is 28.3 Å². The molecule has 0 unspecified atom stereocenters. The van der Waals surface area contributed by atoms with E-state index in [1.54, 1.807) is 0 Å². The van der Waals surface area contributed by atoms with Crippen LogP contribution in [-0.2, 0) is 4.79 Å². The minimum atomic E-state index is -0.160. The van der Waals surface area contributed by atoms with E-state index >= 15 is 0 Å². The van der Waals surface area contributed by atoms with Crippen LogP contribution in [0.1, 0.15) is 44.1 Å². The molecule has 7 rings (SSSR count). The number of hydrogen-bond acceptors (Lipinski definition) is 2. The molecule has 3 heteroatoms. The highest BCUT2D eigenvalue weighted by Gasteiger charge is 2.54. The van der Waals surface area contributed by atoms with Gasteiger partial charge in [-0.15, -0.1) is 0 Å². The highest BCUT2D eigenvalue weighted by Crippen LogP contribution is 2.60. The molecular formula is C26H26N2O. The lowest BCUT2D eigenvalue weighted by molar-refractivity contribution is -0.146. The van der Waals surface area contributed by atoms with Gasteiger partial charge in [-0.3, -0.25) is 4.79 Å². The monoisotopic (exact) mass is 382 g/mol. The van der Waals surface area contributed by atoms with Crippen LogP contribution in [0.15, 0.2) is 59.7 Å². The van der Waals surface area contributed by atoms with Gasteiger partial charge < -0.3 is 0 Å². The Morgan fingerprint density at radius 1 is 0.862 bits per heavy atom. The van der Waals surface area contributed by atoms with E-state index in [0.717, 1.165) is 42.6 Å². The maximum Gasteiger partial charge on any atom is 0.246 e. The molecule has 0 heterocycles. The van der Waals surface area contributed by atoms with E-state index in [9.17, 15) is 4.79 Å². The Kier molecular flexibility index (Phi) is 3.80. The van der Waals surface area contributed by atoms with Crippen molar-refractivity contribution >= 4 is 33.7 Å². The van der Waals surface area contributed by atoms with Crippen molar-refractivity contribution in [1.29, 1.82) is 0 Å². The van der Waals surface area contributed by atoms with Crippen LogP contribution in [0.4, 0.5) is 0 Å². The molecule has 0 spiro atoms. The van der Waals surface area contributed by atoms with Crippen LogP contribution >= 0.6 is 0 Å². The first-order valence-corrected chi connectivity index (χ1v) is 10.9. The van der Waals surface area contributed by atoms with E-state index in [1.807, 2.05) is 6.21 Å². The second-order valence-electron chi connectivity index (χ2n) is 9.63. The van der Waals surface area contributed by atoms with Gasteiger partial charge in [-0.1, -0.05) is 48.5 Å². The van der Waals surface area contributed by atoms with E-state index in [1.165, 1.54) is 40.8 Å². The summed E-state index contributed by atoms with van der Waals surface area (Å²) in [6, 6.07) is 19.0. The molecule has 0 saturated heterocycles. The number of amides is 1. The molecule has 3 nitrogen and oxygen atoms in total. The number of fused-ring (bicyclic) bond motifs is 2. The Bertz CT molecular complexity index is 1060. The van der Waals surface area contributed by atoms with Crippen LogP contribution in [0.5, 0.6) is 0 Å². The molecule has 4 saturated carbocycles. The van der Waals surface area contributed by atoms with Crippen molar-refractivity contribution < 1.29 is 4.79 Å². The van der Waals surface area contributed by atoms with E-state index in [-0.39, 0.29) is 11.3 Å². The third-order valence-corrected chi connectivity index (χ3v) is 7.69. The Balaban J connectivity index is 1.32. The molecule has 4 fully saturated rings. The first kappa shape index (κ1) is 17.2. The summed E-state index contributed by atoms with van der Waals surface area (Å²) in [4.78, 5) is 13.2. The number of hydrazone groups is 1. The van der Waals surface area contributed by atoms with E-state index in [2.05, 4.69) is 65.1 Å². The van der Waals surface area contributed by atoms with E-state index < -0.39 is 0 Å². The second kappa shape index (κ2) is 6.41. The van der Waals surface area contributed by atoms with Crippen LogP contribution in [0.2, 0.25) is 0 Å². The lowest BCUT2D eigenvalue weighted by Gasteiger charge is -2.55. The molecule has 4 aliphatic carbocycles. The van der Waals surface area contributed by atoms with Gasteiger partial charge in [-0.2, -0.15) is 5.10 Å². The maximum absolute atomic E-state index is 13.2. The van der Waals surface area contributed by atoms with Crippen LogP contribution in [0, 0.1) is 23.2 Å². The van der Waals surface area contributed by atoms with Crippen LogP contribution < -0.4 is 5.43 Å². The quantitative estimate of drug-likeness (QED) is 0.354. The zero-order chi connectivity index (χ0) is 19.4. The summed E-state index contributed by atoms with van der Waals surface area (Å²) in [5.41, 5.74) is 3.86. The van der Waals surface area contributed by atoms with E-state index in [4.69, 9.17) is 0 Å². The summed E-state index contributed by atoms with van der Waals surface area (Å²) in [6.07, 6.45) is 9.09. The molecule has 1 N–H and O–H groups in total. The van der Waals surface area contributed by atoms with Crippen LogP contribution in [-0.4, -0.2) is 12.1 Å². The van der Waals surface area contributed by atoms with Crippen LogP contribution in [0.3, 0.4) is 0 Å². The fourth-order valence-electron chi connectivity index (χ4n) is 6.85. The zero-order valence-electron chi connectivity index (χ0n) is 16.6. The van der Waals surface area contributed by atoms with Crippen molar-refractivity contribution in [1.82, 2.24) is 5.43 Å². The van der Waals surface area contributed by atoms with Gasteiger partial charge in [-0.25, -0.2) is 5.43 Å². The third kappa shape index (κ3) is 2.78. The molecular weight excluding hydrogens is 356 g/mol. The first-order valence-electron chi connectivity index (χ1n) is 10.9. The predicted octanol–water partition coefficient (Wildman–Crippen LogP) is 5.66. The molecule has 3 aromatic rings. The van der Waals surface area contributed by atoms with Crippen molar-refractivity contribution in [2.45, 2.75) is 38.5 Å². The topological polar surface area (TPSA) is 41.5 Å². The smallest absolute Gasteiger partial charge is 0.246 e. The van der Waals surface area contributed by atoms with Crippen molar-refractivity contribution in [3.05, 3.63) is 60.2 Å². The summed E-state index contributed by atoms with van der Waals surface area (Å²) in [7, 11) is 0. The van der Waals surface area contributed by atoms with Crippen LogP contribution in [0.25, 0.3) is 21.5 Å². The molecule has 3 aromatic carbocycles. The first-order chi connectivity index (χ1) is 14.2. The Labute approximate surface area is 171 Å². The molecule has 0 aromatic heterocycles.